The number of benzene rings is 10. The fourth-order valence-corrected chi connectivity index (χ4v) is 9.53. The van der Waals surface area contributed by atoms with Crippen molar-refractivity contribution in [3.8, 4) is 112 Å². The van der Waals surface area contributed by atoms with Crippen LogP contribution in [0.25, 0.3) is 112 Å². The molecule has 0 aliphatic heterocycles. The summed E-state index contributed by atoms with van der Waals surface area (Å²) in [6.07, 6.45) is 0. The summed E-state index contributed by atoms with van der Waals surface area (Å²) in [6, 6.07) is 96.4. The van der Waals surface area contributed by atoms with Gasteiger partial charge in [0.05, 0.1) is 11.4 Å². The van der Waals surface area contributed by atoms with Crippen LogP contribution < -0.4 is 0 Å². The Hall–Kier alpha value is -8.65. The third kappa shape index (κ3) is 8.43. The summed E-state index contributed by atoms with van der Waals surface area (Å²) in [4.78, 5) is 5.60. The average Bonchev–Trinajstić information content (AvgIpc) is 3.42. The lowest BCUT2D eigenvalue weighted by Gasteiger charge is -2.21. The molecule has 1 nitrogen and oxygen atoms in total. The molecule has 0 saturated carbocycles. The highest BCUT2D eigenvalue weighted by Crippen LogP contribution is 2.46. The van der Waals surface area contributed by atoms with Crippen molar-refractivity contribution in [2.24, 2.45) is 0 Å². The first-order valence-corrected chi connectivity index (χ1v) is 23.0. The van der Waals surface area contributed by atoms with Crippen molar-refractivity contribution in [1.29, 1.82) is 0 Å². The van der Waals surface area contributed by atoms with E-state index in [9.17, 15) is 0 Å². The Labute approximate surface area is 394 Å². The van der Waals surface area contributed by atoms with Crippen LogP contribution in [0.1, 0.15) is 5.56 Å². The van der Waals surface area contributed by atoms with Crippen LogP contribution in [-0.4, -0.2) is 4.98 Å². The number of rotatable bonds is 10. The maximum absolute atomic E-state index is 5.60. The molecular formula is C66H47N. The van der Waals surface area contributed by atoms with E-state index in [0.29, 0.717) is 0 Å². The monoisotopic (exact) mass is 853 g/mol. The van der Waals surface area contributed by atoms with E-state index in [0.717, 1.165) is 61.5 Å². The highest BCUT2D eigenvalue weighted by atomic mass is 14.7. The lowest BCUT2D eigenvalue weighted by Crippen LogP contribution is -1.98. The molecule has 11 aromatic rings. The molecule has 0 amide bonds. The fraction of sp³-hybridized carbons (Fsp3) is 0.0152. The molecule has 1 heterocycles. The van der Waals surface area contributed by atoms with Gasteiger partial charge in [-0.3, -0.25) is 0 Å². The molecule has 1 heteroatoms. The molecule has 0 radical (unpaired) electrons. The number of hydrogen-bond acceptors (Lipinski definition) is 1. The van der Waals surface area contributed by atoms with Gasteiger partial charge in [-0.15, -0.1) is 0 Å². The maximum Gasteiger partial charge on any atom is 0.0745 e. The predicted molar refractivity (Wildman–Crippen MR) is 283 cm³/mol. The van der Waals surface area contributed by atoms with E-state index in [2.05, 4.69) is 274 Å². The van der Waals surface area contributed by atoms with Gasteiger partial charge in [0.2, 0.25) is 0 Å². The van der Waals surface area contributed by atoms with Crippen LogP contribution in [0.3, 0.4) is 0 Å². The van der Waals surface area contributed by atoms with Crippen LogP contribution in [0, 0.1) is 6.92 Å². The SMILES string of the molecule is Cc1c(-c2ccccc2)cc(-c2ccccc2)nc1-c1cc(-c2cc(-c3ccccc3)c(-c3ccccc3)c(-c3ccccc3)c2)cc(-c2cc(-c3ccccc3)ccc2-c2ccccc2)c1. The third-order valence-corrected chi connectivity index (χ3v) is 12.9. The molecule has 0 N–H and O–H groups in total. The van der Waals surface area contributed by atoms with Crippen molar-refractivity contribution >= 4 is 0 Å². The minimum absolute atomic E-state index is 0.938. The number of aromatic nitrogens is 1. The lowest BCUT2D eigenvalue weighted by atomic mass is 9.83. The van der Waals surface area contributed by atoms with Crippen LogP contribution >= 0.6 is 0 Å². The topological polar surface area (TPSA) is 12.9 Å². The Balaban J connectivity index is 1.24. The van der Waals surface area contributed by atoms with E-state index in [1.807, 2.05) is 0 Å². The van der Waals surface area contributed by atoms with E-state index >= 15 is 0 Å². The van der Waals surface area contributed by atoms with Crippen LogP contribution in [0.5, 0.6) is 0 Å². The first kappa shape index (κ1) is 41.1. The molecule has 0 saturated heterocycles. The summed E-state index contributed by atoms with van der Waals surface area (Å²) in [6.45, 7) is 2.23. The molecule has 0 fully saturated rings. The molecule has 0 spiro atoms. The first-order chi connectivity index (χ1) is 33.1. The lowest BCUT2D eigenvalue weighted by molar-refractivity contribution is 1.27. The average molecular weight is 854 g/mol. The number of nitrogens with zero attached hydrogens (tertiary/aromatic N) is 1. The summed E-state index contributed by atoms with van der Waals surface area (Å²) in [5, 5.41) is 0. The summed E-state index contributed by atoms with van der Waals surface area (Å²) < 4.78 is 0. The molecule has 11 rings (SSSR count). The van der Waals surface area contributed by atoms with E-state index in [4.69, 9.17) is 4.98 Å². The normalized spacial score (nSPS) is 11.1. The Morgan fingerprint density at radius 2 is 0.597 bits per heavy atom. The predicted octanol–water partition coefficient (Wildman–Crippen LogP) is 18.1. The van der Waals surface area contributed by atoms with E-state index in [-0.39, 0.29) is 0 Å². The summed E-state index contributed by atoms with van der Waals surface area (Å²) in [7, 11) is 0. The fourth-order valence-electron chi connectivity index (χ4n) is 9.53. The summed E-state index contributed by atoms with van der Waals surface area (Å²) in [5.41, 5.74) is 23.7. The van der Waals surface area contributed by atoms with Crippen molar-refractivity contribution < 1.29 is 0 Å². The van der Waals surface area contributed by atoms with Gasteiger partial charge >= 0.3 is 0 Å². The minimum Gasteiger partial charge on any atom is -0.247 e. The maximum atomic E-state index is 5.60. The Bertz CT molecular complexity index is 3400. The third-order valence-electron chi connectivity index (χ3n) is 12.9. The molecular weight excluding hydrogens is 807 g/mol. The van der Waals surface area contributed by atoms with Gasteiger partial charge < -0.3 is 0 Å². The zero-order chi connectivity index (χ0) is 44.9. The second-order valence-corrected chi connectivity index (χ2v) is 17.1. The van der Waals surface area contributed by atoms with Crippen molar-refractivity contribution in [2.75, 3.05) is 0 Å². The highest BCUT2D eigenvalue weighted by molar-refractivity contribution is 5.99. The molecule has 0 atom stereocenters. The second-order valence-electron chi connectivity index (χ2n) is 17.1. The molecule has 0 aliphatic rings. The van der Waals surface area contributed by atoms with Crippen LogP contribution in [0.4, 0.5) is 0 Å². The summed E-state index contributed by atoms with van der Waals surface area (Å²) >= 11 is 0. The zero-order valence-electron chi connectivity index (χ0n) is 37.4. The van der Waals surface area contributed by atoms with E-state index in [1.165, 1.54) is 55.6 Å². The Kier molecular flexibility index (Phi) is 11.3. The van der Waals surface area contributed by atoms with Gasteiger partial charge in [-0.2, -0.15) is 0 Å². The standard InChI is InChI=1S/C66H47N/c1-46-60(49-27-13-4-14-28-49)45-64(52-33-19-7-20-34-52)67-66(46)58-40-55(39-57(41-58)61-42-54(47-23-9-2-10-24-47)37-38-59(61)48-25-11-3-12-26-48)56-43-62(50-29-15-5-16-30-50)65(53-35-21-8-22-36-53)63(44-56)51-31-17-6-18-32-51/h2-45H,1H3. The van der Waals surface area contributed by atoms with Gasteiger partial charge in [-0.1, -0.05) is 224 Å². The highest BCUT2D eigenvalue weighted by Gasteiger charge is 2.21. The molecule has 10 aromatic carbocycles. The number of hydrogen-bond donors (Lipinski definition) is 0. The van der Waals surface area contributed by atoms with E-state index in [1.54, 1.807) is 0 Å². The van der Waals surface area contributed by atoms with Gasteiger partial charge in [0, 0.05) is 11.1 Å². The molecule has 316 valence electrons. The van der Waals surface area contributed by atoms with Crippen molar-refractivity contribution in [3.63, 3.8) is 0 Å². The molecule has 0 unspecified atom stereocenters. The molecule has 0 aliphatic carbocycles. The number of pyridine rings is 1. The van der Waals surface area contributed by atoms with Gasteiger partial charge in [0.15, 0.2) is 0 Å². The van der Waals surface area contributed by atoms with Crippen LogP contribution in [-0.2, 0) is 0 Å². The van der Waals surface area contributed by atoms with Gasteiger partial charge in [-0.25, -0.2) is 4.98 Å². The Morgan fingerprint density at radius 1 is 0.224 bits per heavy atom. The summed E-state index contributed by atoms with van der Waals surface area (Å²) in [5.74, 6) is 0. The smallest absolute Gasteiger partial charge is 0.0745 e. The van der Waals surface area contributed by atoms with Gasteiger partial charge in [0.1, 0.15) is 0 Å². The molecule has 1 aromatic heterocycles. The van der Waals surface area contributed by atoms with Crippen molar-refractivity contribution in [1.82, 2.24) is 4.98 Å². The molecule has 0 bridgehead atoms. The quantitative estimate of drug-likeness (QED) is 0.134. The van der Waals surface area contributed by atoms with Gasteiger partial charge in [-0.05, 0) is 144 Å². The van der Waals surface area contributed by atoms with Crippen LogP contribution in [0.15, 0.2) is 267 Å². The first-order valence-electron chi connectivity index (χ1n) is 23.0. The van der Waals surface area contributed by atoms with Crippen LogP contribution in [0.2, 0.25) is 0 Å². The Morgan fingerprint density at radius 3 is 1.10 bits per heavy atom. The largest absolute Gasteiger partial charge is 0.247 e. The zero-order valence-corrected chi connectivity index (χ0v) is 37.4. The minimum atomic E-state index is 0.938. The van der Waals surface area contributed by atoms with Crippen molar-refractivity contribution in [3.05, 3.63) is 272 Å². The van der Waals surface area contributed by atoms with E-state index < -0.39 is 0 Å². The van der Waals surface area contributed by atoms with Crippen molar-refractivity contribution in [2.45, 2.75) is 6.92 Å². The molecule has 67 heavy (non-hydrogen) atoms. The van der Waals surface area contributed by atoms with Gasteiger partial charge in [0.25, 0.3) is 0 Å². The second kappa shape index (κ2) is 18.4.